The summed E-state index contributed by atoms with van der Waals surface area (Å²) in [5.41, 5.74) is 0.793. The quantitative estimate of drug-likeness (QED) is 0.314. The zero-order valence-corrected chi connectivity index (χ0v) is 24.3. The fraction of sp³-hybridized carbons (Fsp3) is 0.286. The van der Waals surface area contributed by atoms with Crippen LogP contribution in [0.2, 0.25) is 10.0 Å². The molecule has 0 saturated carbocycles. The predicted molar refractivity (Wildman–Crippen MR) is 154 cm³/mol. The number of nitrogens with zero attached hydrogens (tertiary/aromatic N) is 2. The molecule has 2 amide bonds. The molecule has 8 nitrogen and oxygen atoms in total. The van der Waals surface area contributed by atoms with Gasteiger partial charge in [-0.05, 0) is 55.3 Å². The lowest BCUT2D eigenvalue weighted by molar-refractivity contribution is -0.140. The molecule has 3 aromatic carbocycles. The molecule has 11 heteroatoms. The molecule has 1 N–H and O–H groups in total. The Morgan fingerprint density at radius 2 is 1.62 bits per heavy atom. The number of carbonyl (C=O) groups excluding carboxylic acids is 2. The van der Waals surface area contributed by atoms with E-state index in [4.69, 9.17) is 27.9 Å². The maximum Gasteiger partial charge on any atom is 0.264 e. The average molecular weight is 593 g/mol. The average Bonchev–Trinajstić information content (AvgIpc) is 2.94. The summed E-state index contributed by atoms with van der Waals surface area (Å²) in [6.07, 6.45) is 0.317. The van der Waals surface area contributed by atoms with Crippen molar-refractivity contribution in [3.8, 4) is 5.75 Å². The summed E-state index contributed by atoms with van der Waals surface area (Å²) in [4.78, 5) is 28.3. The van der Waals surface area contributed by atoms with E-state index in [1.807, 2.05) is 0 Å². The molecule has 3 rings (SSSR count). The van der Waals surface area contributed by atoms with Crippen LogP contribution in [0.5, 0.6) is 5.75 Å². The van der Waals surface area contributed by atoms with Crippen LogP contribution in [0.15, 0.2) is 77.7 Å². The van der Waals surface area contributed by atoms with Crippen LogP contribution in [0.4, 0.5) is 5.69 Å². The number of halogens is 2. The molecule has 0 bridgehead atoms. The molecule has 39 heavy (non-hydrogen) atoms. The summed E-state index contributed by atoms with van der Waals surface area (Å²) in [5, 5.41) is 2.90. The Labute approximate surface area is 239 Å². The largest absolute Gasteiger partial charge is 0.497 e. The number of ether oxygens (including phenoxy) is 1. The fourth-order valence-electron chi connectivity index (χ4n) is 4.06. The van der Waals surface area contributed by atoms with Crippen LogP contribution in [0.3, 0.4) is 0 Å². The lowest BCUT2D eigenvalue weighted by Gasteiger charge is -2.33. The van der Waals surface area contributed by atoms with Crippen molar-refractivity contribution < 1.29 is 22.7 Å². The number of methoxy groups -OCH3 is 1. The smallest absolute Gasteiger partial charge is 0.264 e. The SMILES string of the molecule is CCNC(=O)[C@@H](CC)N(Cc1ccc(OC)cc1)C(=O)CN(c1cccc(Cl)c1Cl)S(=O)(=O)c1ccccc1. The number of nitrogens with one attached hydrogen (secondary N) is 1. The third-order valence-corrected chi connectivity index (χ3v) is 8.64. The summed E-state index contributed by atoms with van der Waals surface area (Å²) in [5.74, 6) is -0.275. The first-order chi connectivity index (χ1) is 18.6. The van der Waals surface area contributed by atoms with Crippen LogP contribution in [-0.4, -0.2) is 51.4 Å². The minimum absolute atomic E-state index is 0.0102. The van der Waals surface area contributed by atoms with Crippen LogP contribution in [0.25, 0.3) is 0 Å². The molecule has 0 aromatic heterocycles. The Kier molecular flexibility index (Phi) is 10.6. The molecule has 0 heterocycles. The first-order valence-corrected chi connectivity index (χ1v) is 14.6. The molecule has 0 aliphatic carbocycles. The monoisotopic (exact) mass is 591 g/mol. The van der Waals surface area contributed by atoms with Gasteiger partial charge in [-0.3, -0.25) is 13.9 Å². The molecule has 1 atom stereocenters. The molecule has 0 radical (unpaired) electrons. The zero-order valence-electron chi connectivity index (χ0n) is 21.9. The summed E-state index contributed by atoms with van der Waals surface area (Å²) in [6, 6.07) is 18.5. The Morgan fingerprint density at radius 3 is 2.21 bits per heavy atom. The second kappa shape index (κ2) is 13.7. The molecule has 0 fully saturated rings. The third kappa shape index (κ3) is 7.23. The molecule has 0 aliphatic rings. The highest BCUT2D eigenvalue weighted by Gasteiger charge is 2.34. The van der Waals surface area contributed by atoms with Crippen LogP contribution < -0.4 is 14.4 Å². The Balaban J connectivity index is 2.08. The van der Waals surface area contributed by atoms with Gasteiger partial charge in [0.05, 0.1) is 27.7 Å². The number of hydrogen-bond acceptors (Lipinski definition) is 5. The van der Waals surface area contributed by atoms with E-state index in [1.165, 1.54) is 29.2 Å². The van der Waals surface area contributed by atoms with Crippen molar-refractivity contribution in [1.29, 1.82) is 0 Å². The Bertz CT molecular complexity index is 1390. The molecular weight excluding hydrogens is 561 g/mol. The van der Waals surface area contributed by atoms with Gasteiger partial charge >= 0.3 is 0 Å². The number of amides is 2. The number of hydrogen-bond donors (Lipinski definition) is 1. The van der Waals surface area contributed by atoms with Crippen molar-refractivity contribution in [2.24, 2.45) is 0 Å². The van der Waals surface area contributed by atoms with Gasteiger partial charge in [0.1, 0.15) is 18.3 Å². The maximum atomic E-state index is 14.0. The van der Waals surface area contributed by atoms with E-state index in [9.17, 15) is 18.0 Å². The van der Waals surface area contributed by atoms with Gasteiger partial charge < -0.3 is 15.0 Å². The van der Waals surface area contributed by atoms with Crippen molar-refractivity contribution in [1.82, 2.24) is 10.2 Å². The second-order valence-corrected chi connectivity index (χ2v) is 11.2. The van der Waals surface area contributed by atoms with Gasteiger partial charge in [-0.25, -0.2) is 8.42 Å². The summed E-state index contributed by atoms with van der Waals surface area (Å²) < 4.78 is 33.8. The van der Waals surface area contributed by atoms with Gasteiger partial charge in [-0.2, -0.15) is 0 Å². The van der Waals surface area contributed by atoms with E-state index in [1.54, 1.807) is 69.5 Å². The molecule has 0 spiro atoms. The first-order valence-electron chi connectivity index (χ1n) is 12.4. The number of carbonyl (C=O) groups is 2. The van der Waals surface area contributed by atoms with Gasteiger partial charge in [0.25, 0.3) is 10.0 Å². The normalized spacial score (nSPS) is 11.9. The van der Waals surface area contributed by atoms with E-state index in [0.717, 1.165) is 9.87 Å². The van der Waals surface area contributed by atoms with E-state index in [0.29, 0.717) is 18.7 Å². The van der Waals surface area contributed by atoms with Crippen molar-refractivity contribution in [3.63, 3.8) is 0 Å². The lowest BCUT2D eigenvalue weighted by Crippen LogP contribution is -2.52. The number of likely N-dealkylation sites (N-methyl/N-ethyl adjacent to an activating group) is 1. The molecule has 0 aliphatic heterocycles. The molecule has 208 valence electrons. The highest BCUT2D eigenvalue weighted by Crippen LogP contribution is 2.35. The lowest BCUT2D eigenvalue weighted by atomic mass is 10.1. The van der Waals surface area contributed by atoms with Crippen LogP contribution in [-0.2, 0) is 26.2 Å². The van der Waals surface area contributed by atoms with Crippen molar-refractivity contribution in [3.05, 3.63) is 88.4 Å². The maximum absolute atomic E-state index is 14.0. The van der Waals surface area contributed by atoms with Crippen LogP contribution in [0, 0.1) is 0 Å². The highest BCUT2D eigenvalue weighted by atomic mass is 35.5. The third-order valence-electron chi connectivity index (χ3n) is 6.06. The molecule has 3 aromatic rings. The van der Waals surface area contributed by atoms with E-state index >= 15 is 0 Å². The van der Waals surface area contributed by atoms with E-state index < -0.39 is 28.5 Å². The van der Waals surface area contributed by atoms with E-state index in [-0.39, 0.29) is 33.1 Å². The van der Waals surface area contributed by atoms with Gasteiger partial charge in [-0.1, -0.05) is 66.5 Å². The summed E-state index contributed by atoms with van der Waals surface area (Å²) in [7, 11) is -2.69. The highest BCUT2D eigenvalue weighted by molar-refractivity contribution is 7.92. The second-order valence-electron chi connectivity index (χ2n) is 8.59. The molecule has 0 saturated heterocycles. The van der Waals surface area contributed by atoms with Crippen molar-refractivity contribution in [2.75, 3.05) is 24.5 Å². The van der Waals surface area contributed by atoms with Gasteiger partial charge in [-0.15, -0.1) is 0 Å². The first kappa shape index (κ1) is 30.3. The summed E-state index contributed by atoms with van der Waals surface area (Å²) in [6.45, 7) is 3.42. The van der Waals surface area contributed by atoms with Crippen molar-refractivity contribution in [2.45, 2.75) is 37.8 Å². The van der Waals surface area contributed by atoms with E-state index in [2.05, 4.69) is 5.32 Å². The van der Waals surface area contributed by atoms with Gasteiger partial charge in [0.15, 0.2) is 0 Å². The van der Waals surface area contributed by atoms with Gasteiger partial charge in [0.2, 0.25) is 11.8 Å². The number of sulfonamides is 1. The minimum atomic E-state index is -4.24. The fourth-order valence-corrected chi connectivity index (χ4v) is 5.95. The van der Waals surface area contributed by atoms with Crippen LogP contribution >= 0.6 is 23.2 Å². The van der Waals surface area contributed by atoms with Crippen LogP contribution in [0.1, 0.15) is 25.8 Å². The predicted octanol–water partition coefficient (Wildman–Crippen LogP) is 5.14. The summed E-state index contributed by atoms with van der Waals surface area (Å²) >= 11 is 12.7. The minimum Gasteiger partial charge on any atom is -0.497 e. The standard InChI is InChI=1S/C28H31Cl2N3O5S/c1-4-24(28(35)31-5-2)32(18-20-14-16-21(38-3)17-15-20)26(34)19-33(25-13-9-12-23(29)27(25)30)39(36,37)22-10-7-6-8-11-22/h6-17,24H,4-5,18-19H2,1-3H3,(H,31,35)/t24-/m1/s1. The number of rotatable bonds is 12. The topological polar surface area (TPSA) is 96.0 Å². The molecule has 0 unspecified atom stereocenters. The Morgan fingerprint density at radius 1 is 0.949 bits per heavy atom. The van der Waals surface area contributed by atoms with Gasteiger partial charge in [0, 0.05) is 13.1 Å². The number of anilines is 1. The van der Waals surface area contributed by atoms with Crippen molar-refractivity contribution >= 4 is 50.7 Å². The number of benzene rings is 3. The zero-order chi connectivity index (χ0) is 28.6. The Hall–Kier alpha value is -3.27. The molecular formula is C28H31Cl2N3O5S.